The number of benzene rings is 1. The van der Waals surface area contributed by atoms with Gasteiger partial charge in [0, 0.05) is 5.75 Å². The number of ether oxygens (including phenoxy) is 1. The van der Waals surface area contributed by atoms with Gasteiger partial charge in [-0.05, 0) is 18.6 Å². The minimum absolute atomic E-state index is 0.0543. The first-order valence-electron chi connectivity index (χ1n) is 5.62. The van der Waals surface area contributed by atoms with Crippen molar-refractivity contribution in [3.63, 3.8) is 0 Å². The Morgan fingerprint density at radius 3 is 2.61 bits per heavy atom. The summed E-state index contributed by atoms with van der Waals surface area (Å²) in [6, 6.07) is 6.28. The van der Waals surface area contributed by atoms with E-state index in [9.17, 15) is 13.2 Å². The predicted octanol–water partition coefficient (Wildman–Crippen LogP) is 1.59. The van der Waals surface area contributed by atoms with E-state index in [1.54, 1.807) is 25.1 Å². The number of hydrogen-bond donors (Lipinski definition) is 1. The van der Waals surface area contributed by atoms with E-state index in [4.69, 9.17) is 9.84 Å². The fraction of sp³-hybridized carbons (Fsp3) is 0.417. The van der Waals surface area contributed by atoms with E-state index in [2.05, 4.69) is 0 Å². The van der Waals surface area contributed by atoms with Crippen molar-refractivity contribution in [2.24, 2.45) is 0 Å². The molecule has 1 aromatic carbocycles. The second-order valence-corrected chi connectivity index (χ2v) is 6.21. The third-order valence-corrected chi connectivity index (χ3v) is 4.20. The number of sulfone groups is 1. The van der Waals surface area contributed by atoms with Crippen LogP contribution >= 0.6 is 0 Å². The smallest absolute Gasteiger partial charge is 0.339 e. The van der Waals surface area contributed by atoms with Gasteiger partial charge >= 0.3 is 5.97 Å². The van der Waals surface area contributed by atoms with E-state index in [1.165, 1.54) is 6.07 Å². The second kappa shape index (κ2) is 6.39. The Morgan fingerprint density at radius 2 is 2.00 bits per heavy atom. The van der Waals surface area contributed by atoms with Gasteiger partial charge in [-0.25, -0.2) is 13.2 Å². The highest BCUT2D eigenvalue weighted by Gasteiger charge is 2.11. The lowest BCUT2D eigenvalue weighted by Crippen LogP contribution is -2.12. The van der Waals surface area contributed by atoms with E-state index >= 15 is 0 Å². The molecule has 0 bridgehead atoms. The van der Waals surface area contributed by atoms with Gasteiger partial charge in [0.05, 0.1) is 12.4 Å². The third-order valence-electron chi connectivity index (χ3n) is 2.41. The monoisotopic (exact) mass is 272 g/mol. The van der Waals surface area contributed by atoms with Gasteiger partial charge in [0.2, 0.25) is 0 Å². The van der Waals surface area contributed by atoms with Crippen molar-refractivity contribution >= 4 is 15.8 Å². The van der Waals surface area contributed by atoms with Gasteiger partial charge in [-0.3, -0.25) is 0 Å². The molecule has 1 rings (SSSR count). The Kier molecular flexibility index (Phi) is 5.15. The maximum Gasteiger partial charge on any atom is 0.339 e. The molecular formula is C12H16O5S. The highest BCUT2D eigenvalue weighted by atomic mass is 32.2. The molecule has 0 spiro atoms. The van der Waals surface area contributed by atoms with Gasteiger partial charge in [-0.15, -0.1) is 0 Å². The first-order chi connectivity index (χ1) is 8.46. The molecular weight excluding hydrogens is 256 g/mol. The van der Waals surface area contributed by atoms with Gasteiger partial charge in [0.1, 0.15) is 21.2 Å². The topological polar surface area (TPSA) is 80.7 Å². The van der Waals surface area contributed by atoms with Crippen molar-refractivity contribution in [3.8, 4) is 5.75 Å². The zero-order valence-corrected chi connectivity index (χ0v) is 10.9. The molecule has 0 radical (unpaired) electrons. The normalized spacial score (nSPS) is 11.2. The standard InChI is InChI=1S/C12H16O5S/c1-2-18(15,16)9-5-8-17-11-7-4-3-6-10(11)12(13)14/h3-4,6-7H,2,5,8-9H2,1H3,(H,13,14). The van der Waals surface area contributed by atoms with Crippen LogP contribution in [0.25, 0.3) is 0 Å². The Balaban J connectivity index is 2.52. The highest BCUT2D eigenvalue weighted by molar-refractivity contribution is 7.91. The van der Waals surface area contributed by atoms with Crippen molar-refractivity contribution < 1.29 is 23.1 Å². The quantitative estimate of drug-likeness (QED) is 0.762. The molecule has 1 N–H and O–H groups in total. The molecule has 1 aromatic rings. The summed E-state index contributed by atoms with van der Waals surface area (Å²) >= 11 is 0. The highest BCUT2D eigenvalue weighted by Crippen LogP contribution is 2.17. The molecule has 18 heavy (non-hydrogen) atoms. The number of hydrogen-bond acceptors (Lipinski definition) is 4. The van der Waals surface area contributed by atoms with E-state index in [1.807, 2.05) is 0 Å². The maximum atomic E-state index is 11.2. The first-order valence-corrected chi connectivity index (χ1v) is 7.44. The molecule has 0 aliphatic heterocycles. The fourth-order valence-corrected chi connectivity index (χ4v) is 2.22. The molecule has 0 aromatic heterocycles. The van der Waals surface area contributed by atoms with Crippen LogP contribution in [0.1, 0.15) is 23.7 Å². The SMILES string of the molecule is CCS(=O)(=O)CCCOc1ccccc1C(=O)O. The summed E-state index contributed by atoms with van der Waals surface area (Å²) in [6.45, 7) is 1.78. The molecule has 0 aliphatic rings. The number of para-hydroxylation sites is 1. The van der Waals surface area contributed by atoms with Gasteiger partial charge in [0.15, 0.2) is 0 Å². The van der Waals surface area contributed by atoms with Crippen LogP contribution in [0.2, 0.25) is 0 Å². The average molecular weight is 272 g/mol. The van der Waals surface area contributed by atoms with Gasteiger partial charge in [0.25, 0.3) is 0 Å². The van der Waals surface area contributed by atoms with Gasteiger partial charge < -0.3 is 9.84 Å². The minimum Gasteiger partial charge on any atom is -0.493 e. The van der Waals surface area contributed by atoms with Crippen LogP contribution in [0.5, 0.6) is 5.75 Å². The van der Waals surface area contributed by atoms with Crippen molar-refractivity contribution in [2.75, 3.05) is 18.1 Å². The molecule has 0 saturated carbocycles. The van der Waals surface area contributed by atoms with Crippen molar-refractivity contribution in [2.45, 2.75) is 13.3 Å². The number of carbonyl (C=O) groups is 1. The third kappa shape index (κ3) is 4.37. The molecule has 0 amide bonds. The van der Waals surface area contributed by atoms with Gasteiger partial charge in [-0.1, -0.05) is 19.1 Å². The molecule has 0 atom stereocenters. The van der Waals surface area contributed by atoms with Crippen LogP contribution in [-0.4, -0.2) is 37.6 Å². The summed E-state index contributed by atoms with van der Waals surface area (Å²) in [5.74, 6) is -0.636. The Bertz CT molecular complexity index is 507. The predicted molar refractivity (Wildman–Crippen MR) is 67.8 cm³/mol. The molecule has 0 heterocycles. The zero-order valence-electron chi connectivity index (χ0n) is 10.1. The Labute approximate surface area is 106 Å². The van der Waals surface area contributed by atoms with E-state index in [0.717, 1.165) is 0 Å². The van der Waals surface area contributed by atoms with Gasteiger partial charge in [-0.2, -0.15) is 0 Å². The lowest BCUT2D eigenvalue weighted by atomic mass is 10.2. The Morgan fingerprint density at radius 1 is 1.33 bits per heavy atom. The summed E-state index contributed by atoms with van der Waals surface area (Å²) in [4.78, 5) is 10.9. The van der Waals surface area contributed by atoms with E-state index < -0.39 is 15.8 Å². The second-order valence-electron chi connectivity index (χ2n) is 3.74. The summed E-state index contributed by atoms with van der Waals surface area (Å²) < 4.78 is 27.8. The lowest BCUT2D eigenvalue weighted by molar-refractivity contribution is 0.0692. The molecule has 6 heteroatoms. The van der Waals surface area contributed by atoms with Crippen molar-refractivity contribution in [1.29, 1.82) is 0 Å². The molecule has 0 saturated heterocycles. The maximum absolute atomic E-state index is 11.2. The number of carboxylic acids is 1. The van der Waals surface area contributed by atoms with E-state index in [0.29, 0.717) is 6.42 Å². The largest absolute Gasteiger partial charge is 0.493 e. The van der Waals surface area contributed by atoms with Crippen LogP contribution in [0.3, 0.4) is 0 Å². The molecule has 5 nitrogen and oxygen atoms in total. The van der Waals surface area contributed by atoms with Crippen LogP contribution < -0.4 is 4.74 Å². The lowest BCUT2D eigenvalue weighted by Gasteiger charge is -2.08. The van der Waals surface area contributed by atoms with Crippen LogP contribution in [0, 0.1) is 0 Å². The zero-order chi connectivity index (χ0) is 13.6. The minimum atomic E-state index is -3.00. The fourth-order valence-electron chi connectivity index (χ4n) is 1.37. The molecule has 100 valence electrons. The number of aromatic carboxylic acids is 1. The molecule has 0 aliphatic carbocycles. The van der Waals surface area contributed by atoms with Crippen LogP contribution in [-0.2, 0) is 9.84 Å². The number of carboxylic acid groups (broad SMARTS) is 1. The van der Waals surface area contributed by atoms with Crippen LogP contribution in [0.4, 0.5) is 0 Å². The summed E-state index contributed by atoms with van der Waals surface area (Å²) in [5, 5.41) is 8.91. The molecule has 0 fully saturated rings. The average Bonchev–Trinajstić information content (AvgIpc) is 2.35. The van der Waals surface area contributed by atoms with Crippen molar-refractivity contribution in [1.82, 2.24) is 0 Å². The van der Waals surface area contributed by atoms with Crippen molar-refractivity contribution in [3.05, 3.63) is 29.8 Å². The molecule has 0 unspecified atom stereocenters. The van der Waals surface area contributed by atoms with E-state index in [-0.39, 0.29) is 29.4 Å². The summed E-state index contributed by atoms with van der Waals surface area (Å²) in [6.07, 6.45) is 0.351. The Hall–Kier alpha value is -1.56. The first kappa shape index (κ1) is 14.5. The van der Waals surface area contributed by atoms with Crippen LogP contribution in [0.15, 0.2) is 24.3 Å². The summed E-state index contributed by atoms with van der Waals surface area (Å²) in [7, 11) is -3.00. The number of rotatable bonds is 7. The summed E-state index contributed by atoms with van der Waals surface area (Å²) in [5.41, 5.74) is 0.0795.